The van der Waals surface area contributed by atoms with Crippen molar-refractivity contribution in [1.82, 2.24) is 9.97 Å². The molecule has 0 spiro atoms. The molecule has 1 aliphatic heterocycles. The van der Waals surface area contributed by atoms with Crippen LogP contribution < -0.4 is 10.2 Å². The highest BCUT2D eigenvalue weighted by molar-refractivity contribution is 5.95. The van der Waals surface area contributed by atoms with Crippen molar-refractivity contribution in [2.24, 2.45) is 0 Å². The fraction of sp³-hybridized carbons (Fsp3) is 0.333. The minimum absolute atomic E-state index is 0.0511. The van der Waals surface area contributed by atoms with E-state index in [1.807, 2.05) is 42.7 Å². The van der Waals surface area contributed by atoms with Gasteiger partial charge < -0.3 is 15.2 Å². The van der Waals surface area contributed by atoms with Crippen molar-refractivity contribution in [1.29, 1.82) is 0 Å². The molecule has 1 fully saturated rings. The number of para-hydroxylation sites is 1. The fourth-order valence-corrected chi connectivity index (χ4v) is 3.61. The molecular weight excluding hydrogens is 324 g/mol. The van der Waals surface area contributed by atoms with E-state index in [1.165, 1.54) is 25.7 Å². The summed E-state index contributed by atoms with van der Waals surface area (Å²) in [5.41, 5.74) is 3.19. The van der Waals surface area contributed by atoms with Crippen molar-refractivity contribution < 1.29 is 4.79 Å². The van der Waals surface area contributed by atoms with Crippen molar-refractivity contribution in [3.63, 3.8) is 0 Å². The summed E-state index contributed by atoms with van der Waals surface area (Å²) in [6.07, 6.45) is 9.20. The molecule has 0 atom stereocenters. The number of nitrogens with one attached hydrogen (secondary N) is 2. The summed E-state index contributed by atoms with van der Waals surface area (Å²) in [6.45, 7) is 2.18. The van der Waals surface area contributed by atoms with Crippen molar-refractivity contribution >= 4 is 28.3 Å². The predicted octanol–water partition coefficient (Wildman–Crippen LogP) is 4.12. The number of hydrogen-bond acceptors (Lipinski definition) is 3. The summed E-state index contributed by atoms with van der Waals surface area (Å²) in [5, 5.41) is 3.99. The molecule has 0 saturated carbocycles. The molecule has 5 heteroatoms. The molecule has 3 aromatic rings. The van der Waals surface area contributed by atoms with Crippen LogP contribution in [0.1, 0.15) is 31.2 Å². The molecule has 5 nitrogen and oxygen atoms in total. The van der Waals surface area contributed by atoms with Crippen molar-refractivity contribution in [3.8, 4) is 0 Å². The molecule has 4 rings (SSSR count). The Morgan fingerprint density at radius 3 is 2.65 bits per heavy atom. The zero-order valence-corrected chi connectivity index (χ0v) is 14.9. The summed E-state index contributed by atoms with van der Waals surface area (Å²) >= 11 is 0. The van der Waals surface area contributed by atoms with Gasteiger partial charge in [-0.25, -0.2) is 4.98 Å². The molecule has 0 radical (unpaired) electrons. The summed E-state index contributed by atoms with van der Waals surface area (Å²) in [4.78, 5) is 22.4. The molecule has 3 heterocycles. The molecule has 1 saturated heterocycles. The highest BCUT2D eigenvalue weighted by Gasteiger charge is 2.12. The van der Waals surface area contributed by atoms with Crippen molar-refractivity contribution in [2.75, 3.05) is 23.3 Å². The molecule has 26 heavy (non-hydrogen) atoms. The maximum absolute atomic E-state index is 12.4. The van der Waals surface area contributed by atoms with Gasteiger partial charge in [0.2, 0.25) is 5.91 Å². The van der Waals surface area contributed by atoms with Gasteiger partial charge in [0.25, 0.3) is 0 Å². The van der Waals surface area contributed by atoms with Crippen LogP contribution in [0, 0.1) is 0 Å². The van der Waals surface area contributed by atoms with Gasteiger partial charge in [-0.3, -0.25) is 4.79 Å². The van der Waals surface area contributed by atoms with Crippen LogP contribution in [0.25, 0.3) is 10.9 Å². The second-order valence-electron chi connectivity index (χ2n) is 6.89. The number of pyridine rings is 1. The SMILES string of the molecule is O=C(Cc1c[nH]c2ccccc12)Nc1ccc(N2CCCCCC2)cn1. The van der Waals surface area contributed by atoms with Gasteiger partial charge in [0.15, 0.2) is 0 Å². The first-order valence-electron chi connectivity index (χ1n) is 9.35. The molecule has 1 aromatic carbocycles. The lowest BCUT2D eigenvalue weighted by molar-refractivity contribution is -0.115. The smallest absolute Gasteiger partial charge is 0.230 e. The van der Waals surface area contributed by atoms with E-state index in [9.17, 15) is 4.79 Å². The van der Waals surface area contributed by atoms with E-state index >= 15 is 0 Å². The standard InChI is InChI=1S/C21H24N4O/c26-21(13-16-14-22-19-8-4-3-7-18(16)19)24-20-10-9-17(15-23-20)25-11-5-1-2-6-12-25/h3-4,7-10,14-15,22H,1-2,5-6,11-13H2,(H,23,24,26). The third-order valence-electron chi connectivity index (χ3n) is 5.01. The Kier molecular flexibility index (Phi) is 4.86. The first-order chi connectivity index (χ1) is 12.8. The van der Waals surface area contributed by atoms with Gasteiger partial charge in [-0.05, 0) is 36.6 Å². The number of benzene rings is 1. The van der Waals surface area contributed by atoms with E-state index in [1.54, 1.807) is 0 Å². The topological polar surface area (TPSA) is 61.0 Å². The van der Waals surface area contributed by atoms with Crippen LogP contribution in [0.5, 0.6) is 0 Å². The van der Waals surface area contributed by atoms with E-state index in [4.69, 9.17) is 0 Å². The molecule has 0 unspecified atom stereocenters. The first-order valence-corrected chi connectivity index (χ1v) is 9.35. The minimum atomic E-state index is -0.0511. The number of aromatic nitrogens is 2. The van der Waals surface area contributed by atoms with Gasteiger partial charge in [-0.1, -0.05) is 31.0 Å². The fourth-order valence-electron chi connectivity index (χ4n) is 3.61. The number of hydrogen-bond donors (Lipinski definition) is 2. The average molecular weight is 348 g/mol. The monoisotopic (exact) mass is 348 g/mol. The number of nitrogens with zero attached hydrogens (tertiary/aromatic N) is 2. The molecule has 1 aliphatic rings. The van der Waals surface area contributed by atoms with Gasteiger partial charge in [-0.15, -0.1) is 0 Å². The lowest BCUT2D eigenvalue weighted by atomic mass is 10.1. The highest BCUT2D eigenvalue weighted by atomic mass is 16.1. The normalized spacial score (nSPS) is 15.0. The van der Waals surface area contributed by atoms with Crippen LogP contribution in [-0.2, 0) is 11.2 Å². The number of rotatable bonds is 4. The Balaban J connectivity index is 1.39. The number of carbonyl (C=O) groups is 1. The van der Waals surface area contributed by atoms with Crippen molar-refractivity contribution in [3.05, 3.63) is 54.4 Å². The highest BCUT2D eigenvalue weighted by Crippen LogP contribution is 2.21. The molecular formula is C21H24N4O. The van der Waals surface area contributed by atoms with Gasteiger partial charge in [0.1, 0.15) is 5.82 Å². The third kappa shape index (κ3) is 3.72. The van der Waals surface area contributed by atoms with Gasteiger partial charge >= 0.3 is 0 Å². The zero-order valence-electron chi connectivity index (χ0n) is 14.9. The quantitative estimate of drug-likeness (QED) is 0.745. The number of H-pyrrole nitrogens is 1. The van der Waals surface area contributed by atoms with Crippen LogP contribution >= 0.6 is 0 Å². The van der Waals surface area contributed by atoms with Crippen LogP contribution in [0.4, 0.5) is 11.5 Å². The van der Waals surface area contributed by atoms with Crippen LogP contribution in [0.2, 0.25) is 0 Å². The molecule has 1 amide bonds. The van der Waals surface area contributed by atoms with E-state index in [0.717, 1.165) is 35.2 Å². The van der Waals surface area contributed by atoms with Crippen LogP contribution in [0.3, 0.4) is 0 Å². The Labute approximate surface area is 153 Å². The number of aromatic amines is 1. The van der Waals surface area contributed by atoms with E-state index < -0.39 is 0 Å². The van der Waals surface area contributed by atoms with Gasteiger partial charge in [-0.2, -0.15) is 0 Å². The maximum atomic E-state index is 12.4. The van der Waals surface area contributed by atoms with Gasteiger partial charge in [0, 0.05) is 30.2 Å². The van der Waals surface area contributed by atoms with E-state index in [0.29, 0.717) is 12.2 Å². The molecule has 2 N–H and O–H groups in total. The van der Waals surface area contributed by atoms with E-state index in [2.05, 4.69) is 26.3 Å². The van der Waals surface area contributed by atoms with Gasteiger partial charge in [0.05, 0.1) is 18.3 Å². The van der Waals surface area contributed by atoms with Crippen molar-refractivity contribution in [2.45, 2.75) is 32.1 Å². The molecule has 0 aliphatic carbocycles. The Hall–Kier alpha value is -2.82. The summed E-state index contributed by atoms with van der Waals surface area (Å²) in [5.74, 6) is 0.554. The third-order valence-corrected chi connectivity index (χ3v) is 5.01. The van der Waals surface area contributed by atoms with E-state index in [-0.39, 0.29) is 5.91 Å². The summed E-state index contributed by atoms with van der Waals surface area (Å²) in [7, 11) is 0. The summed E-state index contributed by atoms with van der Waals surface area (Å²) < 4.78 is 0. The zero-order chi connectivity index (χ0) is 17.8. The summed E-state index contributed by atoms with van der Waals surface area (Å²) in [6, 6.07) is 12.0. The average Bonchev–Trinajstić information content (AvgIpc) is 2.88. The Morgan fingerprint density at radius 1 is 1.08 bits per heavy atom. The molecule has 0 bridgehead atoms. The second kappa shape index (κ2) is 7.60. The lowest BCUT2D eigenvalue weighted by Crippen LogP contribution is -2.24. The van der Waals surface area contributed by atoms with Crippen LogP contribution in [0.15, 0.2) is 48.8 Å². The predicted molar refractivity (Wildman–Crippen MR) is 106 cm³/mol. The Morgan fingerprint density at radius 2 is 1.88 bits per heavy atom. The second-order valence-corrected chi connectivity index (χ2v) is 6.89. The number of anilines is 2. The minimum Gasteiger partial charge on any atom is -0.370 e. The lowest BCUT2D eigenvalue weighted by Gasteiger charge is -2.22. The maximum Gasteiger partial charge on any atom is 0.230 e. The first kappa shape index (κ1) is 16.6. The molecule has 134 valence electrons. The largest absolute Gasteiger partial charge is 0.370 e. The van der Waals surface area contributed by atoms with Crippen LogP contribution in [-0.4, -0.2) is 29.0 Å². The molecule has 2 aromatic heterocycles. The number of fused-ring (bicyclic) bond motifs is 1. The number of carbonyl (C=O) groups excluding carboxylic acids is 1. The number of amides is 1. The Bertz CT molecular complexity index is 876.